The molecule has 0 saturated carbocycles. The van der Waals surface area contributed by atoms with Crippen molar-refractivity contribution in [2.24, 2.45) is 0 Å². The molecule has 0 aliphatic carbocycles. The molecule has 9 nitrogen and oxygen atoms in total. The number of piperazine rings is 1. The SMILES string of the molecule is Cc1cc(NS(=O)(=O)c2cccc(C(=O)N3CCN(C=O)CC3)c2)no1. The third kappa shape index (κ3) is 3.85. The Hall–Kier alpha value is -2.88. The van der Waals surface area contributed by atoms with Crippen molar-refractivity contribution in [1.82, 2.24) is 15.0 Å². The summed E-state index contributed by atoms with van der Waals surface area (Å²) in [6, 6.07) is 7.25. The highest BCUT2D eigenvalue weighted by atomic mass is 32.2. The second kappa shape index (κ2) is 7.16. The van der Waals surface area contributed by atoms with Crippen molar-refractivity contribution in [3.05, 3.63) is 41.7 Å². The van der Waals surface area contributed by atoms with Gasteiger partial charge in [-0.05, 0) is 25.1 Å². The molecule has 10 heteroatoms. The highest BCUT2D eigenvalue weighted by Crippen LogP contribution is 2.18. The third-order valence-electron chi connectivity index (χ3n) is 4.01. The average Bonchev–Trinajstić information content (AvgIpc) is 3.05. The summed E-state index contributed by atoms with van der Waals surface area (Å²) in [6.45, 7) is 3.38. The summed E-state index contributed by atoms with van der Waals surface area (Å²) in [5.41, 5.74) is 0.267. The Kier molecular flexibility index (Phi) is 4.94. The van der Waals surface area contributed by atoms with E-state index in [9.17, 15) is 18.0 Å². The maximum Gasteiger partial charge on any atom is 0.263 e. The number of carbonyl (C=O) groups excluding carboxylic acids is 2. The van der Waals surface area contributed by atoms with E-state index in [1.165, 1.54) is 24.3 Å². The van der Waals surface area contributed by atoms with Crippen LogP contribution in [0.2, 0.25) is 0 Å². The number of aromatic nitrogens is 1. The van der Waals surface area contributed by atoms with E-state index in [-0.39, 0.29) is 22.2 Å². The van der Waals surface area contributed by atoms with Gasteiger partial charge in [0.15, 0.2) is 5.82 Å². The van der Waals surface area contributed by atoms with Gasteiger partial charge in [0.25, 0.3) is 15.9 Å². The Morgan fingerprint density at radius 1 is 1.23 bits per heavy atom. The molecule has 2 amide bonds. The van der Waals surface area contributed by atoms with E-state index in [1.807, 2.05) is 0 Å². The van der Waals surface area contributed by atoms with E-state index in [0.717, 1.165) is 6.41 Å². The molecule has 1 aromatic carbocycles. The minimum absolute atomic E-state index is 0.0458. The summed E-state index contributed by atoms with van der Waals surface area (Å²) in [5.74, 6) is 0.273. The Labute approximate surface area is 150 Å². The summed E-state index contributed by atoms with van der Waals surface area (Å²) in [4.78, 5) is 26.5. The summed E-state index contributed by atoms with van der Waals surface area (Å²) in [5, 5.41) is 3.60. The fourth-order valence-corrected chi connectivity index (χ4v) is 3.65. The molecule has 0 unspecified atom stereocenters. The number of nitrogens with one attached hydrogen (secondary N) is 1. The van der Waals surface area contributed by atoms with Crippen LogP contribution in [0, 0.1) is 6.92 Å². The van der Waals surface area contributed by atoms with Gasteiger partial charge >= 0.3 is 0 Å². The number of benzene rings is 1. The molecular formula is C16H18N4O5S. The molecule has 1 saturated heterocycles. The molecule has 0 bridgehead atoms. The van der Waals surface area contributed by atoms with Crippen LogP contribution in [-0.4, -0.2) is 61.9 Å². The van der Waals surface area contributed by atoms with Crippen molar-refractivity contribution in [1.29, 1.82) is 0 Å². The normalized spacial score (nSPS) is 15.0. The van der Waals surface area contributed by atoms with Gasteiger partial charge in [-0.2, -0.15) is 0 Å². The molecule has 1 N–H and O–H groups in total. The molecule has 0 spiro atoms. The molecule has 26 heavy (non-hydrogen) atoms. The van der Waals surface area contributed by atoms with Crippen LogP contribution >= 0.6 is 0 Å². The first-order valence-corrected chi connectivity index (χ1v) is 9.42. The van der Waals surface area contributed by atoms with Crippen molar-refractivity contribution in [2.45, 2.75) is 11.8 Å². The van der Waals surface area contributed by atoms with E-state index in [2.05, 4.69) is 9.88 Å². The number of carbonyl (C=O) groups is 2. The maximum absolute atomic E-state index is 12.6. The Bertz CT molecular complexity index is 916. The first-order chi connectivity index (χ1) is 12.4. The predicted molar refractivity (Wildman–Crippen MR) is 92.0 cm³/mol. The Morgan fingerprint density at radius 3 is 2.58 bits per heavy atom. The number of hydrogen-bond donors (Lipinski definition) is 1. The van der Waals surface area contributed by atoms with Crippen LogP contribution in [0.5, 0.6) is 0 Å². The van der Waals surface area contributed by atoms with Crippen molar-refractivity contribution in [3.8, 4) is 0 Å². The lowest BCUT2D eigenvalue weighted by atomic mass is 10.2. The van der Waals surface area contributed by atoms with Crippen LogP contribution in [0.3, 0.4) is 0 Å². The molecule has 1 aliphatic heterocycles. The smallest absolute Gasteiger partial charge is 0.263 e. The van der Waals surface area contributed by atoms with Gasteiger partial charge in [-0.25, -0.2) is 8.42 Å². The van der Waals surface area contributed by atoms with Crippen LogP contribution in [0.4, 0.5) is 5.82 Å². The minimum Gasteiger partial charge on any atom is -0.360 e. The van der Waals surface area contributed by atoms with Crippen molar-refractivity contribution in [3.63, 3.8) is 0 Å². The first kappa shape index (κ1) is 17.9. The largest absolute Gasteiger partial charge is 0.360 e. The van der Waals surface area contributed by atoms with Gasteiger partial charge in [0, 0.05) is 37.8 Å². The number of amides is 2. The fraction of sp³-hybridized carbons (Fsp3) is 0.312. The molecule has 1 aromatic heterocycles. The van der Waals surface area contributed by atoms with E-state index in [1.54, 1.807) is 22.8 Å². The lowest BCUT2D eigenvalue weighted by molar-refractivity contribution is -0.119. The van der Waals surface area contributed by atoms with Gasteiger partial charge in [-0.3, -0.25) is 14.3 Å². The van der Waals surface area contributed by atoms with Crippen LogP contribution in [0.15, 0.2) is 39.8 Å². The summed E-state index contributed by atoms with van der Waals surface area (Å²) in [7, 11) is -3.90. The molecule has 1 fully saturated rings. The average molecular weight is 378 g/mol. The van der Waals surface area contributed by atoms with Crippen LogP contribution in [0.25, 0.3) is 0 Å². The number of aryl methyl sites for hydroxylation is 1. The number of anilines is 1. The highest BCUT2D eigenvalue weighted by molar-refractivity contribution is 7.92. The molecule has 138 valence electrons. The first-order valence-electron chi connectivity index (χ1n) is 7.94. The zero-order chi connectivity index (χ0) is 18.7. The van der Waals surface area contributed by atoms with Crippen molar-refractivity contribution >= 4 is 28.2 Å². The van der Waals surface area contributed by atoms with Gasteiger partial charge in [0.2, 0.25) is 6.41 Å². The molecule has 3 rings (SSSR count). The van der Waals surface area contributed by atoms with E-state index in [0.29, 0.717) is 31.9 Å². The van der Waals surface area contributed by atoms with Crippen molar-refractivity contribution < 1.29 is 22.5 Å². The maximum atomic E-state index is 12.6. The van der Waals surface area contributed by atoms with Gasteiger partial charge in [0.05, 0.1) is 4.90 Å². The monoisotopic (exact) mass is 378 g/mol. The predicted octanol–water partition coefficient (Wildman–Crippen LogP) is 0.698. The number of nitrogens with zero attached hydrogens (tertiary/aromatic N) is 3. The number of sulfonamides is 1. The Morgan fingerprint density at radius 2 is 1.96 bits per heavy atom. The standard InChI is InChI=1S/C16H18N4O5S/c1-12-9-15(17-25-12)18-26(23,24)14-4-2-3-13(10-14)16(22)20-7-5-19(11-21)6-8-20/h2-4,9-11H,5-8H2,1H3,(H,17,18). The van der Waals surface area contributed by atoms with Gasteiger partial charge in [-0.15, -0.1) is 0 Å². The lowest BCUT2D eigenvalue weighted by Crippen LogP contribution is -2.48. The van der Waals surface area contributed by atoms with Gasteiger partial charge in [-0.1, -0.05) is 11.2 Å². The zero-order valence-electron chi connectivity index (χ0n) is 14.1. The summed E-state index contributed by atoms with van der Waals surface area (Å²) in [6.07, 6.45) is 0.756. The minimum atomic E-state index is -3.90. The second-order valence-corrected chi connectivity index (χ2v) is 7.57. The second-order valence-electron chi connectivity index (χ2n) is 5.89. The number of rotatable bonds is 5. The topological polar surface area (TPSA) is 113 Å². The van der Waals surface area contributed by atoms with Gasteiger partial charge < -0.3 is 14.3 Å². The molecule has 0 atom stereocenters. The number of hydrogen-bond acceptors (Lipinski definition) is 6. The van der Waals surface area contributed by atoms with Gasteiger partial charge in [0.1, 0.15) is 5.76 Å². The quantitative estimate of drug-likeness (QED) is 0.766. The van der Waals surface area contributed by atoms with Crippen LogP contribution < -0.4 is 4.72 Å². The zero-order valence-corrected chi connectivity index (χ0v) is 14.9. The van der Waals surface area contributed by atoms with Crippen molar-refractivity contribution in [2.75, 3.05) is 30.9 Å². The molecular weight excluding hydrogens is 360 g/mol. The Balaban J connectivity index is 1.77. The van der Waals surface area contributed by atoms with E-state index >= 15 is 0 Å². The summed E-state index contributed by atoms with van der Waals surface area (Å²) < 4.78 is 32.1. The molecule has 2 heterocycles. The van der Waals surface area contributed by atoms with Crippen LogP contribution in [0.1, 0.15) is 16.1 Å². The van der Waals surface area contributed by atoms with E-state index < -0.39 is 10.0 Å². The molecule has 2 aromatic rings. The third-order valence-corrected chi connectivity index (χ3v) is 5.36. The summed E-state index contributed by atoms with van der Waals surface area (Å²) >= 11 is 0. The lowest BCUT2D eigenvalue weighted by Gasteiger charge is -2.32. The molecule has 0 radical (unpaired) electrons. The highest BCUT2D eigenvalue weighted by Gasteiger charge is 2.23. The van der Waals surface area contributed by atoms with E-state index in [4.69, 9.17) is 4.52 Å². The molecule has 1 aliphatic rings. The fourth-order valence-electron chi connectivity index (χ4n) is 2.62. The van der Waals surface area contributed by atoms with Crippen LogP contribution in [-0.2, 0) is 14.8 Å².